The fourth-order valence-electron chi connectivity index (χ4n) is 3.86. The largest absolute Gasteiger partial charge is 0.361 e. The van der Waals surface area contributed by atoms with Crippen LogP contribution in [-0.2, 0) is 17.8 Å². The Balaban J connectivity index is 1.27. The lowest BCUT2D eigenvalue weighted by atomic mass is 9.98. The van der Waals surface area contributed by atoms with E-state index in [-0.39, 0.29) is 5.91 Å². The van der Waals surface area contributed by atoms with E-state index in [0.29, 0.717) is 12.3 Å². The monoisotopic (exact) mass is 367 g/mol. The Hall–Kier alpha value is -2.11. The fraction of sp³-hybridized carbons (Fsp3) is 0.381. The van der Waals surface area contributed by atoms with Crippen LogP contribution in [0.25, 0.3) is 10.9 Å². The number of rotatable bonds is 6. The summed E-state index contributed by atoms with van der Waals surface area (Å²) in [5.74, 6) is 0.667. The van der Waals surface area contributed by atoms with Crippen molar-refractivity contribution < 1.29 is 4.79 Å². The zero-order chi connectivity index (χ0) is 17.8. The third-order valence-corrected chi connectivity index (χ3v) is 6.04. The van der Waals surface area contributed by atoms with Gasteiger partial charge in [0.1, 0.15) is 0 Å². The summed E-state index contributed by atoms with van der Waals surface area (Å²) >= 11 is 1.82. The highest BCUT2D eigenvalue weighted by molar-refractivity contribution is 7.09. The Labute approximate surface area is 158 Å². The predicted octanol–water partition coefficient (Wildman–Crippen LogP) is 3.80. The molecule has 1 fully saturated rings. The number of fused-ring (bicyclic) bond motifs is 1. The summed E-state index contributed by atoms with van der Waals surface area (Å²) in [6.07, 6.45) is 4.81. The van der Waals surface area contributed by atoms with Crippen LogP contribution in [0.2, 0.25) is 0 Å². The van der Waals surface area contributed by atoms with Crippen molar-refractivity contribution in [2.75, 3.05) is 19.6 Å². The number of aromatic nitrogens is 1. The number of aromatic amines is 1. The number of hydrogen-bond acceptors (Lipinski definition) is 3. The van der Waals surface area contributed by atoms with Crippen molar-refractivity contribution in [2.24, 2.45) is 5.92 Å². The molecule has 0 unspecified atom stereocenters. The molecule has 0 radical (unpaired) electrons. The van der Waals surface area contributed by atoms with E-state index in [1.165, 1.54) is 17.7 Å². The minimum atomic E-state index is 0.116. The van der Waals surface area contributed by atoms with Gasteiger partial charge in [-0.3, -0.25) is 9.69 Å². The van der Waals surface area contributed by atoms with E-state index in [1.54, 1.807) is 0 Å². The number of para-hydroxylation sites is 1. The maximum atomic E-state index is 12.4. The second kappa shape index (κ2) is 8.06. The van der Waals surface area contributed by atoms with Gasteiger partial charge in [0.15, 0.2) is 0 Å². The van der Waals surface area contributed by atoms with Gasteiger partial charge in [-0.2, -0.15) is 0 Å². The zero-order valence-corrected chi connectivity index (χ0v) is 15.7. The van der Waals surface area contributed by atoms with Gasteiger partial charge in [-0.1, -0.05) is 24.3 Å². The molecule has 1 saturated heterocycles. The van der Waals surface area contributed by atoms with Crippen molar-refractivity contribution in [1.29, 1.82) is 0 Å². The van der Waals surface area contributed by atoms with E-state index in [4.69, 9.17) is 0 Å². The molecule has 0 aliphatic carbocycles. The van der Waals surface area contributed by atoms with Gasteiger partial charge < -0.3 is 10.3 Å². The normalized spacial score (nSPS) is 18.2. The second-order valence-electron chi connectivity index (χ2n) is 7.16. The molecule has 4 rings (SSSR count). The molecular formula is C21H25N3OS. The molecule has 2 aromatic heterocycles. The lowest BCUT2D eigenvalue weighted by molar-refractivity contribution is -0.120. The Morgan fingerprint density at radius 1 is 1.27 bits per heavy atom. The molecule has 26 heavy (non-hydrogen) atoms. The first-order valence-corrected chi connectivity index (χ1v) is 10.2. The van der Waals surface area contributed by atoms with Gasteiger partial charge in [0.25, 0.3) is 0 Å². The fourth-order valence-corrected chi connectivity index (χ4v) is 4.60. The van der Waals surface area contributed by atoms with Crippen molar-refractivity contribution in [1.82, 2.24) is 15.2 Å². The number of carbonyl (C=O) groups is 1. The number of thiophene rings is 1. The van der Waals surface area contributed by atoms with Crippen LogP contribution in [0.15, 0.2) is 48.0 Å². The Kier molecular flexibility index (Phi) is 5.37. The molecule has 136 valence electrons. The molecule has 4 nitrogen and oxygen atoms in total. The van der Waals surface area contributed by atoms with E-state index >= 15 is 0 Å². The van der Waals surface area contributed by atoms with Gasteiger partial charge in [-0.05, 0) is 48.4 Å². The van der Waals surface area contributed by atoms with Gasteiger partial charge in [0.05, 0.1) is 6.42 Å². The minimum Gasteiger partial charge on any atom is -0.361 e. The average Bonchev–Trinajstić information content (AvgIpc) is 3.31. The Morgan fingerprint density at radius 2 is 2.19 bits per heavy atom. The van der Waals surface area contributed by atoms with Crippen molar-refractivity contribution in [3.63, 3.8) is 0 Å². The molecule has 3 aromatic rings. The zero-order valence-electron chi connectivity index (χ0n) is 14.9. The van der Waals surface area contributed by atoms with E-state index < -0.39 is 0 Å². The molecule has 0 bridgehead atoms. The third-order valence-electron chi connectivity index (χ3n) is 5.18. The molecule has 0 spiro atoms. The molecule has 0 saturated carbocycles. The molecule has 1 atom stereocenters. The lowest BCUT2D eigenvalue weighted by Gasteiger charge is -2.32. The van der Waals surface area contributed by atoms with Crippen LogP contribution in [0, 0.1) is 5.92 Å². The lowest BCUT2D eigenvalue weighted by Crippen LogP contribution is -2.40. The predicted molar refractivity (Wildman–Crippen MR) is 107 cm³/mol. The van der Waals surface area contributed by atoms with Crippen molar-refractivity contribution >= 4 is 28.1 Å². The highest BCUT2D eigenvalue weighted by Gasteiger charge is 2.21. The number of piperidine rings is 1. The van der Waals surface area contributed by atoms with Crippen LogP contribution in [0.4, 0.5) is 0 Å². The van der Waals surface area contributed by atoms with Gasteiger partial charge in [-0.15, -0.1) is 11.3 Å². The number of likely N-dealkylation sites (tertiary alicyclic amines) is 1. The second-order valence-corrected chi connectivity index (χ2v) is 8.20. The molecule has 1 aromatic carbocycles. The molecule has 3 heterocycles. The number of H-pyrrole nitrogens is 1. The van der Waals surface area contributed by atoms with E-state index in [1.807, 2.05) is 35.7 Å². The topological polar surface area (TPSA) is 48.1 Å². The maximum absolute atomic E-state index is 12.4. The van der Waals surface area contributed by atoms with Crippen LogP contribution in [0.1, 0.15) is 23.3 Å². The first-order chi connectivity index (χ1) is 12.8. The third kappa shape index (κ3) is 4.17. The molecule has 5 heteroatoms. The molecule has 2 N–H and O–H groups in total. The van der Waals surface area contributed by atoms with Gasteiger partial charge in [0, 0.05) is 41.6 Å². The highest BCUT2D eigenvalue weighted by atomic mass is 32.1. The molecule has 1 aliphatic rings. The summed E-state index contributed by atoms with van der Waals surface area (Å²) in [6.45, 7) is 4.06. The Morgan fingerprint density at radius 3 is 3.08 bits per heavy atom. The summed E-state index contributed by atoms with van der Waals surface area (Å²) in [5.41, 5.74) is 2.16. The molecular weight excluding hydrogens is 342 g/mol. The molecule has 1 aliphatic heterocycles. The standard InChI is InChI=1S/C21H25N3OS/c25-21(11-17-13-22-20-8-2-1-7-19(17)20)23-12-16-5-3-9-24(14-16)15-18-6-4-10-26-18/h1-2,4,6-8,10,13,16,22H,3,5,9,11-12,14-15H2,(H,23,25)/t16-/m1/s1. The number of nitrogens with zero attached hydrogens (tertiary/aromatic N) is 1. The van der Waals surface area contributed by atoms with Crippen LogP contribution in [-0.4, -0.2) is 35.4 Å². The number of hydrogen-bond donors (Lipinski definition) is 2. The van der Waals surface area contributed by atoms with E-state index in [2.05, 4.69) is 38.8 Å². The minimum absolute atomic E-state index is 0.116. The van der Waals surface area contributed by atoms with Crippen LogP contribution < -0.4 is 5.32 Å². The summed E-state index contributed by atoms with van der Waals surface area (Å²) in [6, 6.07) is 12.5. The quantitative estimate of drug-likeness (QED) is 0.696. The summed E-state index contributed by atoms with van der Waals surface area (Å²) in [7, 11) is 0. The number of nitrogens with one attached hydrogen (secondary N) is 2. The van der Waals surface area contributed by atoms with Crippen LogP contribution in [0.5, 0.6) is 0 Å². The van der Waals surface area contributed by atoms with Crippen LogP contribution >= 0.6 is 11.3 Å². The maximum Gasteiger partial charge on any atom is 0.224 e. The van der Waals surface area contributed by atoms with Crippen LogP contribution in [0.3, 0.4) is 0 Å². The number of carbonyl (C=O) groups excluding carboxylic acids is 1. The van der Waals surface area contributed by atoms with Gasteiger partial charge >= 0.3 is 0 Å². The smallest absolute Gasteiger partial charge is 0.224 e. The Bertz CT molecular complexity index is 855. The van der Waals surface area contributed by atoms with Crippen molar-refractivity contribution in [2.45, 2.75) is 25.8 Å². The SMILES string of the molecule is O=C(Cc1c[nH]c2ccccc12)NC[C@H]1CCCN(Cc2cccs2)C1. The first-order valence-electron chi connectivity index (χ1n) is 9.34. The average molecular weight is 368 g/mol. The highest BCUT2D eigenvalue weighted by Crippen LogP contribution is 2.21. The first kappa shape index (κ1) is 17.3. The number of benzene rings is 1. The summed E-state index contributed by atoms with van der Waals surface area (Å²) < 4.78 is 0. The molecule has 1 amide bonds. The number of amides is 1. The van der Waals surface area contributed by atoms with Crippen molar-refractivity contribution in [3.8, 4) is 0 Å². The van der Waals surface area contributed by atoms with E-state index in [9.17, 15) is 4.79 Å². The van der Waals surface area contributed by atoms with Gasteiger partial charge in [0.2, 0.25) is 5.91 Å². The summed E-state index contributed by atoms with van der Waals surface area (Å²) in [5, 5.41) is 6.44. The summed E-state index contributed by atoms with van der Waals surface area (Å²) in [4.78, 5) is 19.6. The van der Waals surface area contributed by atoms with E-state index in [0.717, 1.165) is 42.6 Å². The van der Waals surface area contributed by atoms with Crippen molar-refractivity contribution in [3.05, 3.63) is 58.4 Å². The van der Waals surface area contributed by atoms with Gasteiger partial charge in [-0.25, -0.2) is 0 Å².